The third-order valence-corrected chi connectivity index (χ3v) is 5.65. The first kappa shape index (κ1) is 17.1. The Kier molecular flexibility index (Phi) is 4.03. The fourth-order valence-corrected chi connectivity index (χ4v) is 4.33. The van der Waals surface area contributed by atoms with Gasteiger partial charge in [-0.15, -0.1) is 0 Å². The van der Waals surface area contributed by atoms with Crippen LogP contribution in [0.25, 0.3) is 11.3 Å². The molecule has 2 aromatic rings. The molecule has 138 valence electrons. The normalized spacial score (nSPS) is 19.0. The van der Waals surface area contributed by atoms with E-state index in [1.54, 1.807) is 13.4 Å². The first-order chi connectivity index (χ1) is 12.4. The van der Waals surface area contributed by atoms with Crippen molar-refractivity contribution in [2.75, 3.05) is 30.8 Å². The van der Waals surface area contributed by atoms with E-state index in [1.807, 2.05) is 0 Å². The van der Waals surface area contributed by atoms with Gasteiger partial charge in [-0.1, -0.05) is 13.8 Å². The van der Waals surface area contributed by atoms with Crippen LogP contribution < -0.4 is 15.4 Å². The molecule has 0 radical (unpaired) electrons. The first-order valence-electron chi connectivity index (χ1n) is 9.16. The molecule has 1 aromatic carbocycles. The standard InChI is InChI=1S/C20H26N4O2/c1-20(2)10-12-8-16(26-3)15(24-6-4-13(25)5-7-24)9-14(12)18-17(20)19(21)23-11-22-18/h8-9,11,13,25H,4-7,10H2,1-3H3,(H2,21,22,23). The first-order valence-corrected chi connectivity index (χ1v) is 9.16. The zero-order valence-corrected chi connectivity index (χ0v) is 15.6. The van der Waals surface area contributed by atoms with Gasteiger partial charge in [0.25, 0.3) is 0 Å². The SMILES string of the molecule is COc1cc2c(cc1N1CCC(O)CC1)-c1ncnc(N)c1C(C)(C)C2. The van der Waals surface area contributed by atoms with Gasteiger partial charge >= 0.3 is 0 Å². The zero-order chi connectivity index (χ0) is 18.5. The lowest BCUT2D eigenvalue weighted by molar-refractivity contribution is 0.145. The Labute approximate surface area is 154 Å². The van der Waals surface area contributed by atoms with Crippen LogP contribution in [0, 0.1) is 0 Å². The maximum absolute atomic E-state index is 9.82. The van der Waals surface area contributed by atoms with Gasteiger partial charge in [0.2, 0.25) is 0 Å². The summed E-state index contributed by atoms with van der Waals surface area (Å²) in [6.45, 7) is 6.00. The van der Waals surface area contributed by atoms with E-state index in [0.717, 1.165) is 60.6 Å². The number of nitrogen functional groups attached to an aromatic ring is 1. The van der Waals surface area contributed by atoms with Crippen LogP contribution in [0.1, 0.15) is 37.8 Å². The molecule has 2 aliphatic rings. The van der Waals surface area contributed by atoms with Crippen molar-refractivity contribution < 1.29 is 9.84 Å². The van der Waals surface area contributed by atoms with Crippen LogP contribution >= 0.6 is 0 Å². The predicted octanol–water partition coefficient (Wildman–Crippen LogP) is 2.53. The highest BCUT2D eigenvalue weighted by Crippen LogP contribution is 2.47. The molecule has 0 atom stereocenters. The molecule has 1 aromatic heterocycles. The van der Waals surface area contributed by atoms with Crippen molar-refractivity contribution in [3.8, 4) is 17.0 Å². The molecule has 0 amide bonds. The Bertz CT molecular complexity index is 842. The topological polar surface area (TPSA) is 84.5 Å². The van der Waals surface area contributed by atoms with Crippen molar-refractivity contribution in [3.05, 3.63) is 29.6 Å². The van der Waals surface area contributed by atoms with Gasteiger partial charge in [0, 0.05) is 24.2 Å². The highest BCUT2D eigenvalue weighted by Gasteiger charge is 2.35. The highest BCUT2D eigenvalue weighted by atomic mass is 16.5. The maximum atomic E-state index is 9.82. The Morgan fingerprint density at radius 3 is 2.65 bits per heavy atom. The minimum atomic E-state index is -0.205. The van der Waals surface area contributed by atoms with Gasteiger partial charge < -0.3 is 20.5 Å². The molecule has 6 heteroatoms. The van der Waals surface area contributed by atoms with Crippen LogP contribution in [-0.4, -0.2) is 41.4 Å². The monoisotopic (exact) mass is 354 g/mol. The lowest BCUT2D eigenvalue weighted by atomic mass is 9.72. The van der Waals surface area contributed by atoms with Gasteiger partial charge in [-0.05, 0) is 42.4 Å². The van der Waals surface area contributed by atoms with E-state index in [4.69, 9.17) is 10.5 Å². The summed E-state index contributed by atoms with van der Waals surface area (Å²) in [6.07, 6.45) is 3.75. The number of aliphatic hydroxyl groups is 1. The van der Waals surface area contributed by atoms with Crippen LogP contribution in [0.2, 0.25) is 0 Å². The van der Waals surface area contributed by atoms with Gasteiger partial charge in [0.15, 0.2) is 0 Å². The third kappa shape index (κ3) is 2.69. The van der Waals surface area contributed by atoms with Crippen molar-refractivity contribution >= 4 is 11.5 Å². The minimum Gasteiger partial charge on any atom is -0.495 e. The number of nitrogens with two attached hydrogens (primary N) is 1. The van der Waals surface area contributed by atoms with Crippen molar-refractivity contribution in [1.82, 2.24) is 9.97 Å². The maximum Gasteiger partial charge on any atom is 0.142 e. The summed E-state index contributed by atoms with van der Waals surface area (Å²) in [5, 5.41) is 9.82. The van der Waals surface area contributed by atoms with Gasteiger partial charge in [0.1, 0.15) is 17.9 Å². The van der Waals surface area contributed by atoms with E-state index < -0.39 is 0 Å². The Morgan fingerprint density at radius 1 is 1.23 bits per heavy atom. The molecule has 1 fully saturated rings. The summed E-state index contributed by atoms with van der Waals surface area (Å²) in [6, 6.07) is 4.31. The number of benzene rings is 1. The lowest BCUT2D eigenvalue weighted by Crippen LogP contribution is -2.36. The van der Waals surface area contributed by atoms with Crippen LogP contribution in [0.5, 0.6) is 5.75 Å². The number of methoxy groups -OCH3 is 1. The number of piperidine rings is 1. The van der Waals surface area contributed by atoms with Crippen LogP contribution in [0.15, 0.2) is 18.5 Å². The summed E-state index contributed by atoms with van der Waals surface area (Å²) in [7, 11) is 1.71. The van der Waals surface area contributed by atoms with E-state index in [-0.39, 0.29) is 11.5 Å². The van der Waals surface area contributed by atoms with Gasteiger partial charge in [-0.25, -0.2) is 9.97 Å². The average Bonchev–Trinajstić information content (AvgIpc) is 2.61. The Hall–Kier alpha value is -2.34. The Balaban J connectivity index is 1.86. The van der Waals surface area contributed by atoms with E-state index in [1.165, 1.54) is 5.56 Å². The second kappa shape index (κ2) is 6.13. The van der Waals surface area contributed by atoms with E-state index in [9.17, 15) is 5.11 Å². The smallest absolute Gasteiger partial charge is 0.142 e. The van der Waals surface area contributed by atoms with Crippen LogP contribution in [0.4, 0.5) is 11.5 Å². The number of aromatic nitrogens is 2. The molecule has 0 saturated carbocycles. The van der Waals surface area contributed by atoms with Crippen molar-refractivity contribution in [2.24, 2.45) is 0 Å². The molecule has 6 nitrogen and oxygen atoms in total. The third-order valence-electron chi connectivity index (χ3n) is 5.65. The Morgan fingerprint density at radius 2 is 1.96 bits per heavy atom. The lowest BCUT2D eigenvalue weighted by Gasteiger charge is -2.36. The number of anilines is 2. The number of hydrogen-bond acceptors (Lipinski definition) is 6. The average molecular weight is 354 g/mol. The molecular weight excluding hydrogens is 328 g/mol. The minimum absolute atomic E-state index is 0.130. The number of nitrogens with zero attached hydrogens (tertiary/aromatic N) is 3. The fraction of sp³-hybridized carbons (Fsp3) is 0.500. The number of aliphatic hydroxyl groups excluding tert-OH is 1. The molecule has 2 heterocycles. The van der Waals surface area contributed by atoms with Crippen LogP contribution in [-0.2, 0) is 11.8 Å². The number of rotatable bonds is 2. The number of fused-ring (bicyclic) bond motifs is 3. The summed E-state index contributed by atoms with van der Waals surface area (Å²) >= 11 is 0. The zero-order valence-electron chi connectivity index (χ0n) is 15.6. The molecule has 0 bridgehead atoms. The second-order valence-electron chi connectivity index (χ2n) is 7.94. The van der Waals surface area contributed by atoms with Crippen LogP contribution in [0.3, 0.4) is 0 Å². The van der Waals surface area contributed by atoms with E-state index in [0.29, 0.717) is 5.82 Å². The highest BCUT2D eigenvalue weighted by molar-refractivity contribution is 5.80. The fourth-order valence-electron chi connectivity index (χ4n) is 4.33. The molecule has 3 N–H and O–H groups in total. The quantitative estimate of drug-likeness (QED) is 0.862. The predicted molar refractivity (Wildman–Crippen MR) is 103 cm³/mol. The molecule has 26 heavy (non-hydrogen) atoms. The van der Waals surface area contributed by atoms with Gasteiger partial charge in [0.05, 0.1) is 24.6 Å². The van der Waals surface area contributed by atoms with Crippen molar-refractivity contribution in [3.63, 3.8) is 0 Å². The molecule has 0 unspecified atom stereocenters. The summed E-state index contributed by atoms with van der Waals surface area (Å²) in [4.78, 5) is 11.1. The van der Waals surface area contributed by atoms with Gasteiger partial charge in [-0.2, -0.15) is 0 Å². The molecule has 1 saturated heterocycles. The molecule has 1 aliphatic heterocycles. The van der Waals surface area contributed by atoms with Crippen molar-refractivity contribution in [1.29, 1.82) is 0 Å². The van der Waals surface area contributed by atoms with Crippen molar-refractivity contribution in [2.45, 2.75) is 44.6 Å². The molecular formula is C20H26N4O2. The van der Waals surface area contributed by atoms with E-state index in [2.05, 4.69) is 40.8 Å². The summed E-state index contributed by atoms with van der Waals surface area (Å²) in [5.41, 5.74) is 11.4. The largest absolute Gasteiger partial charge is 0.495 e. The van der Waals surface area contributed by atoms with E-state index >= 15 is 0 Å². The molecule has 4 rings (SSSR count). The van der Waals surface area contributed by atoms with Gasteiger partial charge in [-0.3, -0.25) is 0 Å². The number of ether oxygens (including phenoxy) is 1. The molecule has 1 aliphatic carbocycles. The summed E-state index contributed by atoms with van der Waals surface area (Å²) in [5.74, 6) is 1.44. The second-order valence-corrected chi connectivity index (χ2v) is 7.94. The molecule has 0 spiro atoms. The number of hydrogen-bond donors (Lipinski definition) is 2. The summed E-state index contributed by atoms with van der Waals surface area (Å²) < 4.78 is 5.71.